The summed E-state index contributed by atoms with van der Waals surface area (Å²) in [5.41, 5.74) is 15.3. The van der Waals surface area contributed by atoms with E-state index in [0.29, 0.717) is 89.5 Å². The van der Waals surface area contributed by atoms with Gasteiger partial charge >= 0.3 is 11.9 Å². The number of carboxylic acids is 1. The molecule has 1 amide bonds. The number of aromatic carboxylic acids is 1. The van der Waals surface area contributed by atoms with Crippen LogP contribution in [0.1, 0.15) is 113 Å². The van der Waals surface area contributed by atoms with Gasteiger partial charge in [-0.2, -0.15) is 25.5 Å². The quantitative estimate of drug-likeness (QED) is 0.0750. The van der Waals surface area contributed by atoms with Gasteiger partial charge in [-0.15, -0.1) is 10.2 Å². The maximum atomic E-state index is 12.4. The minimum Gasteiger partial charge on any atom is -0.495 e. The predicted octanol–water partition coefficient (Wildman–Crippen LogP) is 4.98. The molecule has 0 aliphatic heterocycles. The summed E-state index contributed by atoms with van der Waals surface area (Å²) in [7, 11) is 17.7. The molecule has 0 spiro atoms. The van der Waals surface area contributed by atoms with Crippen molar-refractivity contribution in [2.45, 2.75) is 72.8 Å². The summed E-state index contributed by atoms with van der Waals surface area (Å²) < 4.78 is 37.4. The Balaban J connectivity index is 0.00000118. The summed E-state index contributed by atoms with van der Waals surface area (Å²) in [5.74, 6) is 2.22. The van der Waals surface area contributed by atoms with Crippen LogP contribution in [0.5, 0.6) is 23.3 Å². The molecule has 2 saturated carbocycles. The number of amides is 1. The van der Waals surface area contributed by atoms with E-state index in [1.807, 2.05) is 76.7 Å². The van der Waals surface area contributed by atoms with Crippen molar-refractivity contribution in [3.63, 3.8) is 0 Å². The molecule has 11 rings (SSSR count). The Kier molecular flexibility index (Phi) is 38.5. The number of nitrogens with two attached hydrogens (primary N) is 2. The Labute approximate surface area is 560 Å². The van der Waals surface area contributed by atoms with E-state index in [1.54, 1.807) is 119 Å². The van der Waals surface area contributed by atoms with Crippen LogP contribution in [0.2, 0.25) is 0 Å². The molecule has 11 N–H and O–H groups in total. The molecule has 33 heteroatoms. The first kappa shape index (κ1) is 85.0. The smallest absolute Gasteiger partial charge is 0.358 e. The topological polar surface area (TPSA) is 441 Å². The molecule has 9 heterocycles. The van der Waals surface area contributed by atoms with Crippen molar-refractivity contribution in [3.8, 4) is 23.3 Å². The zero-order valence-electron chi connectivity index (χ0n) is 54.5. The lowest BCUT2D eigenvalue weighted by atomic mass is 10.1. The molecule has 95 heavy (non-hydrogen) atoms. The number of aromatic nitrogens is 16. The molecule has 9 aromatic rings. The molecule has 2 aliphatic carbocycles. The van der Waals surface area contributed by atoms with Gasteiger partial charge in [-0.05, 0) is 96.2 Å². The summed E-state index contributed by atoms with van der Waals surface area (Å²) in [6.45, 7) is 5.65. The normalized spacial score (nSPS) is 13.8. The molecule has 4 atom stereocenters. The van der Waals surface area contributed by atoms with Crippen molar-refractivity contribution in [1.29, 1.82) is 0 Å². The zero-order chi connectivity index (χ0) is 67.3. The molecule has 0 bridgehead atoms. The highest BCUT2D eigenvalue weighted by Crippen LogP contribution is 2.47. The average Bonchev–Trinajstić information content (AvgIpc) is 1.68. The van der Waals surface area contributed by atoms with Crippen molar-refractivity contribution in [2.75, 3.05) is 41.7 Å². The van der Waals surface area contributed by atoms with Crippen LogP contribution < -0.4 is 47.7 Å². The molecule has 0 radical (unpaired) electrons. The van der Waals surface area contributed by atoms with Crippen LogP contribution in [0.3, 0.4) is 0 Å². The van der Waals surface area contributed by atoms with Gasteiger partial charge in [0.1, 0.15) is 17.2 Å². The van der Waals surface area contributed by atoms with Crippen LogP contribution in [-0.2, 0) is 73.5 Å². The van der Waals surface area contributed by atoms with E-state index >= 15 is 0 Å². The molecule has 32 nitrogen and oxygen atoms in total. The van der Waals surface area contributed by atoms with Gasteiger partial charge in [0.25, 0.3) is 17.0 Å². The van der Waals surface area contributed by atoms with Crippen LogP contribution in [0.15, 0.2) is 124 Å². The van der Waals surface area contributed by atoms with Gasteiger partial charge in [0.2, 0.25) is 11.8 Å². The van der Waals surface area contributed by atoms with E-state index in [-0.39, 0.29) is 43.3 Å². The summed E-state index contributed by atoms with van der Waals surface area (Å²) in [5, 5.41) is 43.2. The monoisotopic (exact) mass is 1390 g/mol. The Morgan fingerprint density at radius 1 is 0.579 bits per heavy atom. The number of esters is 1. The second-order valence-electron chi connectivity index (χ2n) is 19.7. The molecule has 2 fully saturated rings. The number of carbonyl (C=O) groups is 3. The highest BCUT2D eigenvalue weighted by Gasteiger charge is 2.41. The van der Waals surface area contributed by atoms with E-state index in [4.69, 9.17) is 40.6 Å². The minimum atomic E-state index is -0.990. The lowest BCUT2D eigenvalue weighted by Crippen LogP contribution is -2.24. The van der Waals surface area contributed by atoms with E-state index < -0.39 is 17.8 Å². The van der Waals surface area contributed by atoms with Gasteiger partial charge in [-0.1, -0.05) is 28.7 Å². The number of aliphatic hydroxyl groups is 1. The number of hydrogen-bond donors (Lipinski definition) is 5. The first-order valence-corrected chi connectivity index (χ1v) is 29.2. The molecular formula is C62H94BrN19O13. The van der Waals surface area contributed by atoms with Gasteiger partial charge in [0, 0.05) is 147 Å². The maximum Gasteiger partial charge on any atom is 0.358 e. The molecule has 522 valence electrons. The van der Waals surface area contributed by atoms with E-state index in [0.717, 1.165) is 54.2 Å². The van der Waals surface area contributed by atoms with E-state index in [1.165, 1.54) is 31.9 Å². The molecule has 0 aromatic carbocycles. The Morgan fingerprint density at radius 3 is 1.32 bits per heavy atom. The SMILES string of the molecule is C.C.CC.CO.COC(=O)c1ccn(C)n1.COc1ccc([C@H]2C[C@@H]2COc2cc(Br)c(=O)n(C)n2)nc1.COc1ccc([C@H]2C[C@@H]2COc2cc(CCc3ccn(C)n3)c(=O)n(C)n2)nc1.Cn1ccc(C(=O)O)n1.Cn1ccc(C(N)=O)n1.Cn1ccc(CN)n1.N.O. The number of pyridine rings is 2. The Morgan fingerprint density at radius 2 is 0.989 bits per heavy atom. The van der Waals surface area contributed by atoms with Crippen molar-refractivity contribution in [2.24, 2.45) is 72.6 Å². The summed E-state index contributed by atoms with van der Waals surface area (Å²) >= 11 is 3.21. The number of rotatable bonds is 17. The highest BCUT2D eigenvalue weighted by atomic mass is 79.9. The van der Waals surface area contributed by atoms with Crippen LogP contribution >= 0.6 is 15.9 Å². The van der Waals surface area contributed by atoms with Crippen molar-refractivity contribution in [3.05, 3.63) is 181 Å². The molecular weight excluding hydrogens is 1300 g/mol. The fourth-order valence-electron chi connectivity index (χ4n) is 8.08. The average molecular weight is 1390 g/mol. The molecule has 9 aromatic heterocycles. The lowest BCUT2D eigenvalue weighted by molar-refractivity contribution is 0.0592. The van der Waals surface area contributed by atoms with Gasteiger partial charge in [-0.3, -0.25) is 47.8 Å². The third-order valence-electron chi connectivity index (χ3n) is 13.0. The molecule has 2 aliphatic rings. The molecule has 0 saturated heterocycles. The predicted molar refractivity (Wildman–Crippen MR) is 361 cm³/mol. The number of aliphatic hydroxyl groups excluding tert-OH is 1. The zero-order valence-corrected chi connectivity index (χ0v) is 56.1. The standard InChI is InChI=1S/C21H25N5O3.C15H16BrN3O3.C6H8N2O2.C5H7N3O.C5H9N3.C5H6N2O2.C2H6.CH4O.2CH4.H3N.H2O/c1-25-9-8-16(23-25)5-4-14-11-20(24-26(2)21(14)27)29-13-15-10-18(15)19-7-6-17(28-3)12-22-19;1-19-15(20)12(16)6-14(18-19)22-8-9-5-11(9)13-4-3-10(21-2)7-17-13;1-8-4-3-5(7-8)6(9)10-2;1-8-3-2-4(7-8)5(6)9;1-8-3-2-5(4-6)7-8;1-7-3-2-4(6-7)5(8)9;2*1-2;;;;/h6-9,11-12,15,18H,4-5,10,13H2,1-3H3;3-4,6-7,9,11H,5,8H2,1-2H3;3-4H,1-2H3;2-3H,1H3,(H2,6,9);2-3H,4,6H2,1H3;2-3H,1H3,(H,8,9);1-2H3;2H,1H3;2*1H4;1H3;1H2/t15-,18+;9-,11+;;;;;;;;;;/m11........../s1. The maximum absolute atomic E-state index is 12.4. The Hall–Kier alpha value is -9.96. The summed E-state index contributed by atoms with van der Waals surface area (Å²) in [4.78, 5) is 64.0. The third-order valence-corrected chi connectivity index (χ3v) is 13.6. The number of hydrogen-bond acceptors (Lipinski definition) is 22. The van der Waals surface area contributed by atoms with Gasteiger partial charge < -0.3 is 57.0 Å². The number of carboxylic acid groups (broad SMARTS) is 1. The number of primary amides is 1. The minimum absolute atomic E-state index is 0. The number of aryl methyl sites for hydroxylation is 9. The third kappa shape index (κ3) is 28.0. The van der Waals surface area contributed by atoms with Crippen molar-refractivity contribution in [1.82, 2.24) is 84.6 Å². The van der Waals surface area contributed by atoms with Crippen LogP contribution in [0.4, 0.5) is 0 Å². The number of methoxy groups -OCH3 is 3. The molecule has 0 unspecified atom stereocenters. The first-order chi connectivity index (χ1) is 43.6. The lowest BCUT2D eigenvalue weighted by Gasteiger charge is -2.09. The van der Waals surface area contributed by atoms with Crippen LogP contribution in [0.25, 0.3) is 0 Å². The fourth-order valence-corrected chi connectivity index (χ4v) is 8.53. The van der Waals surface area contributed by atoms with E-state index in [2.05, 4.69) is 66.3 Å². The summed E-state index contributed by atoms with van der Waals surface area (Å²) in [6, 6.07) is 19.7. The van der Waals surface area contributed by atoms with Gasteiger partial charge in [0.15, 0.2) is 11.4 Å². The number of carbonyl (C=O) groups excluding carboxylic acids is 2. The second-order valence-corrected chi connectivity index (χ2v) is 20.6. The fraction of sp³-hybridized carbons (Fsp3) is 0.419. The van der Waals surface area contributed by atoms with Crippen molar-refractivity contribution >= 4 is 33.8 Å². The van der Waals surface area contributed by atoms with Crippen LogP contribution in [-0.4, -0.2) is 154 Å². The van der Waals surface area contributed by atoms with Crippen LogP contribution in [0, 0.1) is 11.8 Å². The number of halogens is 1. The summed E-state index contributed by atoms with van der Waals surface area (Å²) in [6.07, 6.45) is 15.6. The van der Waals surface area contributed by atoms with Gasteiger partial charge in [0.05, 0.1) is 62.8 Å². The Bertz CT molecular complexity index is 3730. The van der Waals surface area contributed by atoms with Crippen molar-refractivity contribution < 1.29 is 53.8 Å². The van der Waals surface area contributed by atoms with E-state index in [9.17, 15) is 24.0 Å². The largest absolute Gasteiger partial charge is 0.495 e. The highest BCUT2D eigenvalue weighted by molar-refractivity contribution is 9.10. The second kappa shape index (κ2) is 43.0. The number of nitrogens with zero attached hydrogens (tertiary/aromatic N) is 16. The van der Waals surface area contributed by atoms with Gasteiger partial charge in [-0.25, -0.2) is 19.0 Å². The number of ether oxygens (including phenoxy) is 5. The first-order valence-electron chi connectivity index (χ1n) is 28.4.